The predicted octanol–water partition coefficient (Wildman–Crippen LogP) is 6.73. The first kappa shape index (κ1) is 31.9. The highest BCUT2D eigenvalue weighted by atomic mass is 16.5. The molecule has 1 amide bonds. The van der Waals surface area contributed by atoms with Crippen LogP contribution in [0.15, 0.2) is 78.9 Å². The number of para-hydroxylation sites is 2. The molecule has 0 bridgehead atoms. The molecule has 5 aromatic rings. The number of carbonyl (C=O) groups is 2. The average Bonchev–Trinajstić information content (AvgIpc) is 3.42. The van der Waals surface area contributed by atoms with Gasteiger partial charge in [0.05, 0.1) is 11.4 Å². The van der Waals surface area contributed by atoms with Crippen LogP contribution in [-0.2, 0) is 27.3 Å². The second-order valence-corrected chi connectivity index (χ2v) is 13.3. The van der Waals surface area contributed by atoms with Gasteiger partial charge in [-0.1, -0.05) is 60.7 Å². The van der Waals surface area contributed by atoms with Gasteiger partial charge < -0.3 is 24.2 Å². The fourth-order valence-electron chi connectivity index (χ4n) is 7.88. The molecule has 2 saturated heterocycles. The Morgan fingerprint density at radius 2 is 1.58 bits per heavy atom. The molecule has 0 saturated carbocycles. The number of hydrogen-bond acceptors (Lipinski definition) is 5. The van der Waals surface area contributed by atoms with Gasteiger partial charge in [0, 0.05) is 74.5 Å². The van der Waals surface area contributed by atoms with E-state index in [-0.39, 0.29) is 24.2 Å². The van der Waals surface area contributed by atoms with E-state index >= 15 is 0 Å². The third-order valence-corrected chi connectivity index (χ3v) is 10.5. The topological polar surface area (TPSA) is 87.9 Å². The van der Waals surface area contributed by atoms with Crippen molar-refractivity contribution in [1.29, 1.82) is 0 Å². The van der Waals surface area contributed by atoms with Gasteiger partial charge in [-0.15, -0.1) is 0 Å². The highest BCUT2D eigenvalue weighted by Crippen LogP contribution is 2.36. The maximum atomic E-state index is 14.3. The first-order valence-electron chi connectivity index (χ1n) is 17.2. The summed E-state index contributed by atoms with van der Waals surface area (Å²) < 4.78 is 7.98. The fraction of sp³-hybridized carbons (Fsp3) is 0.375. The van der Waals surface area contributed by atoms with Crippen LogP contribution in [0.2, 0.25) is 0 Å². The molecular weight excluding hydrogens is 600 g/mol. The van der Waals surface area contributed by atoms with E-state index in [1.165, 1.54) is 5.69 Å². The summed E-state index contributed by atoms with van der Waals surface area (Å²) in [5, 5.41) is 11.5. The van der Waals surface area contributed by atoms with Crippen LogP contribution in [0, 0.1) is 19.8 Å². The Balaban J connectivity index is 1.16. The summed E-state index contributed by atoms with van der Waals surface area (Å²) in [6.45, 7) is 9.24. The summed E-state index contributed by atoms with van der Waals surface area (Å²) in [6, 6.07) is 27.5. The summed E-state index contributed by atoms with van der Waals surface area (Å²) in [5.74, 6) is -0.493. The normalized spacial score (nSPS) is 16.5. The quantitative estimate of drug-likeness (QED) is 0.192. The van der Waals surface area contributed by atoms with Crippen molar-refractivity contribution in [3.8, 4) is 0 Å². The lowest BCUT2D eigenvalue weighted by Gasteiger charge is -2.39. The van der Waals surface area contributed by atoms with E-state index in [1.807, 2.05) is 19.1 Å². The van der Waals surface area contributed by atoms with Crippen LogP contribution >= 0.6 is 0 Å². The second kappa shape index (κ2) is 13.8. The van der Waals surface area contributed by atoms with Crippen LogP contribution in [-0.4, -0.2) is 70.8 Å². The summed E-state index contributed by atoms with van der Waals surface area (Å²) in [5.41, 5.74) is 8.45. The lowest BCUT2D eigenvalue weighted by molar-refractivity contribution is -0.137. The Morgan fingerprint density at radius 3 is 2.29 bits per heavy atom. The van der Waals surface area contributed by atoms with E-state index < -0.39 is 5.97 Å². The number of pyridine rings is 1. The summed E-state index contributed by atoms with van der Waals surface area (Å²) in [6.07, 6.45) is 2.33. The van der Waals surface area contributed by atoms with Crippen molar-refractivity contribution in [2.75, 3.05) is 44.3 Å². The molecule has 8 heteroatoms. The molecule has 0 spiro atoms. The first-order valence-corrected chi connectivity index (χ1v) is 17.2. The van der Waals surface area contributed by atoms with Crippen molar-refractivity contribution in [2.24, 2.45) is 5.92 Å². The third-order valence-electron chi connectivity index (χ3n) is 10.5. The van der Waals surface area contributed by atoms with E-state index in [0.29, 0.717) is 26.2 Å². The number of aliphatic carboxylic acids is 1. The molecule has 4 heterocycles. The number of benzene rings is 3. The van der Waals surface area contributed by atoms with Crippen LogP contribution in [0.1, 0.15) is 53.1 Å². The second-order valence-electron chi connectivity index (χ2n) is 13.3. The fourth-order valence-corrected chi connectivity index (χ4v) is 7.88. The Kier molecular flexibility index (Phi) is 9.17. The van der Waals surface area contributed by atoms with Crippen LogP contribution < -0.4 is 4.90 Å². The van der Waals surface area contributed by atoms with E-state index in [9.17, 15) is 14.7 Å². The number of aromatic nitrogens is 2. The SMILES string of the molecule is Cc1nc2c(c(C)c1CCC(=O)O)c1ccccc1n2Cc1ccc(C(C(=O)N2CCN(c3ccccc3)CC2)C2CCOCC2)cc1. The molecule has 248 valence electrons. The number of ether oxygens (including phenoxy) is 1. The number of rotatable bonds is 9. The highest BCUT2D eigenvalue weighted by Gasteiger charge is 2.35. The average molecular weight is 645 g/mol. The Hall–Kier alpha value is -4.69. The zero-order valence-electron chi connectivity index (χ0n) is 27.9. The molecule has 2 aromatic heterocycles. The van der Waals surface area contributed by atoms with Crippen LogP contribution in [0.3, 0.4) is 0 Å². The van der Waals surface area contributed by atoms with E-state index in [1.54, 1.807) is 0 Å². The van der Waals surface area contributed by atoms with Crippen LogP contribution in [0.25, 0.3) is 21.9 Å². The molecule has 0 radical (unpaired) electrons. The van der Waals surface area contributed by atoms with Gasteiger partial charge >= 0.3 is 5.97 Å². The minimum absolute atomic E-state index is 0.0845. The van der Waals surface area contributed by atoms with Crippen molar-refractivity contribution in [3.63, 3.8) is 0 Å². The molecule has 2 aliphatic rings. The largest absolute Gasteiger partial charge is 0.481 e. The number of amides is 1. The number of carboxylic acids is 1. The zero-order valence-corrected chi connectivity index (χ0v) is 27.9. The van der Waals surface area contributed by atoms with Gasteiger partial charge in [0.25, 0.3) is 0 Å². The molecule has 1 atom stereocenters. The Morgan fingerprint density at radius 1 is 0.896 bits per heavy atom. The van der Waals surface area contributed by atoms with Crippen molar-refractivity contribution in [3.05, 3.63) is 107 Å². The molecule has 0 aliphatic carbocycles. The summed E-state index contributed by atoms with van der Waals surface area (Å²) in [4.78, 5) is 35.1. The summed E-state index contributed by atoms with van der Waals surface area (Å²) >= 11 is 0. The Labute approximate surface area is 281 Å². The van der Waals surface area contributed by atoms with Crippen molar-refractivity contribution >= 4 is 39.5 Å². The van der Waals surface area contributed by atoms with Gasteiger partial charge in [-0.25, -0.2) is 4.98 Å². The molecule has 7 rings (SSSR count). The number of aryl methyl sites for hydroxylation is 2. The molecule has 8 nitrogen and oxygen atoms in total. The van der Waals surface area contributed by atoms with Crippen molar-refractivity contribution < 1.29 is 19.4 Å². The van der Waals surface area contributed by atoms with E-state index in [0.717, 1.165) is 88.9 Å². The van der Waals surface area contributed by atoms with Gasteiger partial charge in [0.2, 0.25) is 5.91 Å². The first-order chi connectivity index (χ1) is 23.4. The molecule has 3 aromatic carbocycles. The molecule has 1 N–H and O–H groups in total. The highest BCUT2D eigenvalue weighted by molar-refractivity contribution is 6.08. The monoisotopic (exact) mass is 644 g/mol. The minimum Gasteiger partial charge on any atom is -0.481 e. The Bertz CT molecular complexity index is 1920. The number of nitrogens with zero attached hydrogens (tertiary/aromatic N) is 4. The van der Waals surface area contributed by atoms with Crippen LogP contribution in [0.5, 0.6) is 0 Å². The van der Waals surface area contributed by atoms with Gasteiger partial charge in [-0.2, -0.15) is 0 Å². The lowest BCUT2D eigenvalue weighted by Crippen LogP contribution is -2.51. The smallest absolute Gasteiger partial charge is 0.303 e. The zero-order chi connectivity index (χ0) is 33.2. The third kappa shape index (κ3) is 6.29. The van der Waals surface area contributed by atoms with Crippen LogP contribution in [0.4, 0.5) is 5.69 Å². The maximum absolute atomic E-state index is 14.3. The maximum Gasteiger partial charge on any atom is 0.303 e. The molecule has 2 aliphatic heterocycles. The molecule has 48 heavy (non-hydrogen) atoms. The molecular formula is C40H44N4O4. The van der Waals surface area contributed by atoms with Crippen molar-refractivity contribution in [1.82, 2.24) is 14.5 Å². The number of anilines is 1. The van der Waals surface area contributed by atoms with Gasteiger partial charge in [-0.3, -0.25) is 9.59 Å². The number of piperazine rings is 1. The standard InChI is InChI=1S/C40H44N4O4/c1-27-33(16-17-36(45)46)28(2)41-39-37(27)34-10-6-7-11-35(34)44(39)26-29-12-14-30(15-13-29)38(31-18-24-48-25-19-31)40(47)43-22-20-42(21-23-43)32-8-4-3-5-9-32/h3-15,31,38H,16-26H2,1-2H3,(H,45,46). The number of carboxylic acid groups (broad SMARTS) is 1. The van der Waals surface area contributed by atoms with E-state index in [4.69, 9.17) is 9.72 Å². The van der Waals surface area contributed by atoms with E-state index in [2.05, 4.69) is 88.0 Å². The molecule has 1 unspecified atom stereocenters. The number of hydrogen-bond donors (Lipinski definition) is 1. The minimum atomic E-state index is -0.800. The molecule has 2 fully saturated rings. The van der Waals surface area contributed by atoms with Gasteiger partial charge in [-0.05, 0) is 79.5 Å². The van der Waals surface area contributed by atoms with Gasteiger partial charge in [0.1, 0.15) is 5.65 Å². The lowest BCUT2D eigenvalue weighted by atomic mass is 9.80. The summed E-state index contributed by atoms with van der Waals surface area (Å²) in [7, 11) is 0. The number of fused-ring (bicyclic) bond motifs is 3. The number of carbonyl (C=O) groups excluding carboxylic acids is 1. The van der Waals surface area contributed by atoms with Crippen molar-refractivity contribution in [2.45, 2.75) is 52.0 Å². The van der Waals surface area contributed by atoms with Gasteiger partial charge in [0.15, 0.2) is 0 Å². The predicted molar refractivity (Wildman–Crippen MR) is 190 cm³/mol.